The molecule has 2 unspecified atom stereocenters. The first-order valence-corrected chi connectivity index (χ1v) is 13.6. The lowest BCUT2D eigenvalue weighted by atomic mass is 9.97. The van der Waals surface area contributed by atoms with E-state index in [1.165, 1.54) is 30.3 Å². The molecule has 0 radical (unpaired) electrons. The van der Waals surface area contributed by atoms with Crippen molar-refractivity contribution in [2.24, 2.45) is 0 Å². The van der Waals surface area contributed by atoms with E-state index in [0.29, 0.717) is 11.1 Å². The van der Waals surface area contributed by atoms with Crippen LogP contribution in [0, 0.1) is 0 Å². The van der Waals surface area contributed by atoms with Crippen molar-refractivity contribution >= 4 is 0 Å². The fourth-order valence-corrected chi connectivity index (χ4v) is 4.37. The molecule has 0 aromatic heterocycles. The van der Waals surface area contributed by atoms with Crippen LogP contribution in [0.5, 0.6) is 17.2 Å². The van der Waals surface area contributed by atoms with Crippen molar-refractivity contribution < 1.29 is 63.2 Å². The Hall–Kier alpha value is -4.50. The fraction of sp³-hybridized carbons (Fsp3) is 0.250. The Morgan fingerprint density at radius 3 is 1.77 bits per heavy atom. The second-order valence-electron chi connectivity index (χ2n) is 10.1. The zero-order valence-electron chi connectivity index (χ0n) is 23.8. The Morgan fingerprint density at radius 2 is 1.21 bits per heavy atom. The standard InChI is InChI=1S/C32H25F10NO4/c33-29(34)31(38,39)46-26-6-2-4-22(16-26)28(43-17-27(44)20-9-11-23(12-10-20)30(35,36)37)21-3-1-5-25(15-21)45-18-19-7-13-24(14-8-19)47-32(40,41)42/h1-16,27-29,43-44H,17-18H2. The van der Waals surface area contributed by atoms with E-state index in [9.17, 15) is 49.0 Å². The van der Waals surface area contributed by atoms with Gasteiger partial charge in [0.2, 0.25) is 0 Å². The number of nitrogens with one attached hydrogen (secondary N) is 1. The van der Waals surface area contributed by atoms with E-state index in [-0.39, 0.29) is 30.0 Å². The maximum atomic E-state index is 13.6. The lowest BCUT2D eigenvalue weighted by molar-refractivity contribution is -0.274. The van der Waals surface area contributed by atoms with Gasteiger partial charge in [-0.05, 0) is 70.8 Å². The van der Waals surface area contributed by atoms with Gasteiger partial charge in [0.15, 0.2) is 0 Å². The van der Waals surface area contributed by atoms with Gasteiger partial charge in [0.1, 0.15) is 23.9 Å². The van der Waals surface area contributed by atoms with Gasteiger partial charge >= 0.3 is 25.1 Å². The normalized spacial score (nSPS) is 13.7. The molecule has 0 saturated carbocycles. The molecule has 0 fully saturated rings. The molecule has 0 bridgehead atoms. The lowest BCUT2D eigenvalue weighted by Gasteiger charge is -2.24. The molecule has 47 heavy (non-hydrogen) atoms. The maximum Gasteiger partial charge on any atom is 0.573 e. The predicted octanol–water partition coefficient (Wildman–Crippen LogP) is 8.83. The second-order valence-corrected chi connectivity index (χ2v) is 10.1. The maximum absolute atomic E-state index is 13.6. The Labute approximate surface area is 261 Å². The van der Waals surface area contributed by atoms with Crippen LogP contribution in [0.25, 0.3) is 0 Å². The first-order chi connectivity index (χ1) is 22.0. The summed E-state index contributed by atoms with van der Waals surface area (Å²) < 4.78 is 143. The number of rotatable bonds is 13. The largest absolute Gasteiger partial charge is 0.573 e. The monoisotopic (exact) mass is 677 g/mol. The number of benzene rings is 4. The van der Waals surface area contributed by atoms with E-state index in [0.717, 1.165) is 48.5 Å². The molecule has 4 aromatic carbocycles. The Balaban J connectivity index is 1.56. The van der Waals surface area contributed by atoms with E-state index in [2.05, 4.69) is 14.8 Å². The van der Waals surface area contributed by atoms with Crippen LogP contribution in [0.4, 0.5) is 43.9 Å². The fourth-order valence-electron chi connectivity index (χ4n) is 4.37. The molecule has 4 rings (SSSR count). The summed E-state index contributed by atoms with van der Waals surface area (Å²) in [5, 5.41) is 13.7. The van der Waals surface area contributed by atoms with Crippen LogP contribution in [0.3, 0.4) is 0 Å². The third-order valence-electron chi connectivity index (χ3n) is 6.59. The molecule has 252 valence electrons. The first kappa shape index (κ1) is 35.4. The molecule has 5 nitrogen and oxygen atoms in total. The Morgan fingerprint density at radius 1 is 0.638 bits per heavy atom. The third-order valence-corrected chi connectivity index (χ3v) is 6.59. The van der Waals surface area contributed by atoms with Crippen molar-refractivity contribution in [3.8, 4) is 17.2 Å². The van der Waals surface area contributed by atoms with Crippen molar-refractivity contribution in [2.45, 2.75) is 43.8 Å². The second kappa shape index (κ2) is 14.5. The van der Waals surface area contributed by atoms with Gasteiger partial charge in [-0.15, -0.1) is 13.2 Å². The van der Waals surface area contributed by atoms with Crippen molar-refractivity contribution in [3.05, 3.63) is 125 Å². The summed E-state index contributed by atoms with van der Waals surface area (Å²) >= 11 is 0. The van der Waals surface area contributed by atoms with Gasteiger partial charge in [-0.3, -0.25) is 0 Å². The smallest absolute Gasteiger partial charge is 0.489 e. The average Bonchev–Trinajstić information content (AvgIpc) is 3.00. The number of aliphatic hydroxyl groups is 1. The van der Waals surface area contributed by atoms with Gasteiger partial charge in [0.25, 0.3) is 0 Å². The summed E-state index contributed by atoms with van der Waals surface area (Å²) in [7, 11) is 0. The number of hydrogen-bond acceptors (Lipinski definition) is 5. The van der Waals surface area contributed by atoms with E-state index in [1.807, 2.05) is 0 Å². The molecule has 0 aliphatic heterocycles. The number of ether oxygens (including phenoxy) is 3. The lowest BCUT2D eigenvalue weighted by Crippen LogP contribution is -2.33. The summed E-state index contributed by atoms with van der Waals surface area (Å²) in [6.07, 6.45) is -19.7. The van der Waals surface area contributed by atoms with E-state index < -0.39 is 54.3 Å². The quantitative estimate of drug-likeness (QED) is 0.139. The summed E-state index contributed by atoms with van der Waals surface area (Å²) in [5.41, 5.74) is 0.364. The number of hydrogen-bond donors (Lipinski definition) is 2. The minimum Gasteiger partial charge on any atom is -0.489 e. The highest BCUT2D eigenvalue weighted by molar-refractivity contribution is 5.40. The summed E-state index contributed by atoms with van der Waals surface area (Å²) in [6.45, 7) is -0.335. The summed E-state index contributed by atoms with van der Waals surface area (Å²) in [6, 6.07) is 18.9. The Bertz CT molecular complexity index is 1590. The van der Waals surface area contributed by atoms with Crippen LogP contribution < -0.4 is 19.5 Å². The first-order valence-electron chi connectivity index (χ1n) is 13.6. The third kappa shape index (κ3) is 10.2. The van der Waals surface area contributed by atoms with Gasteiger partial charge in [-0.25, -0.2) is 0 Å². The predicted molar refractivity (Wildman–Crippen MR) is 148 cm³/mol. The molecule has 4 aromatic rings. The van der Waals surface area contributed by atoms with Crippen LogP contribution in [-0.2, 0) is 12.8 Å². The van der Waals surface area contributed by atoms with E-state index in [4.69, 9.17) is 4.74 Å². The highest BCUT2D eigenvalue weighted by atomic mass is 19.4. The molecule has 0 saturated heterocycles. The topological polar surface area (TPSA) is 60.0 Å². The van der Waals surface area contributed by atoms with Gasteiger partial charge in [-0.2, -0.15) is 30.7 Å². The minimum atomic E-state index is -4.85. The minimum absolute atomic E-state index is 0.0769. The molecule has 2 N–H and O–H groups in total. The highest BCUT2D eigenvalue weighted by Crippen LogP contribution is 2.33. The molecular formula is C32H25F10NO4. The van der Waals surface area contributed by atoms with Crippen molar-refractivity contribution in [2.75, 3.05) is 6.54 Å². The van der Waals surface area contributed by atoms with E-state index >= 15 is 0 Å². The average molecular weight is 678 g/mol. The van der Waals surface area contributed by atoms with Crippen LogP contribution in [0.1, 0.15) is 40.0 Å². The zero-order valence-corrected chi connectivity index (χ0v) is 23.8. The molecule has 0 spiro atoms. The van der Waals surface area contributed by atoms with Gasteiger partial charge in [0, 0.05) is 6.54 Å². The molecule has 15 heteroatoms. The van der Waals surface area contributed by atoms with Gasteiger partial charge < -0.3 is 24.6 Å². The van der Waals surface area contributed by atoms with Crippen LogP contribution in [-0.4, -0.2) is 30.5 Å². The zero-order chi connectivity index (χ0) is 34.4. The van der Waals surface area contributed by atoms with Crippen LogP contribution in [0.2, 0.25) is 0 Å². The van der Waals surface area contributed by atoms with Crippen LogP contribution in [0.15, 0.2) is 97.1 Å². The molecule has 0 amide bonds. The van der Waals surface area contributed by atoms with Crippen molar-refractivity contribution in [1.82, 2.24) is 5.32 Å². The van der Waals surface area contributed by atoms with Gasteiger partial charge in [0.05, 0.1) is 17.7 Å². The number of aliphatic hydroxyl groups excluding tert-OH is 1. The van der Waals surface area contributed by atoms with Gasteiger partial charge in [-0.1, -0.05) is 48.5 Å². The molecule has 2 atom stereocenters. The van der Waals surface area contributed by atoms with Crippen LogP contribution >= 0.6 is 0 Å². The molecule has 0 aliphatic carbocycles. The number of alkyl halides is 10. The SMILES string of the molecule is OC(CNC(c1cccc(OCc2ccc(OC(F)(F)F)cc2)c1)c1cccc(OC(F)(F)C(F)F)c1)c1ccc(C(F)(F)F)cc1. The Kier molecular flexibility index (Phi) is 10.9. The summed E-state index contributed by atoms with van der Waals surface area (Å²) in [4.78, 5) is 0. The highest BCUT2D eigenvalue weighted by Gasteiger charge is 2.44. The van der Waals surface area contributed by atoms with Crippen molar-refractivity contribution in [1.29, 1.82) is 0 Å². The summed E-state index contributed by atoms with van der Waals surface area (Å²) in [5.74, 6) is -0.744. The van der Waals surface area contributed by atoms with Crippen molar-refractivity contribution in [3.63, 3.8) is 0 Å². The van der Waals surface area contributed by atoms with E-state index in [1.54, 1.807) is 18.2 Å². The molecule has 0 heterocycles. The molecular weight excluding hydrogens is 652 g/mol. The molecule has 0 aliphatic rings. The number of halogens is 10.